The Morgan fingerprint density at radius 1 is 0.805 bits per heavy atom. The molecule has 0 bridgehead atoms. The first-order valence-electron chi connectivity index (χ1n) is 13.4. The molecule has 5 aromatic rings. The number of rotatable bonds is 6. The summed E-state index contributed by atoms with van der Waals surface area (Å²) in [6, 6.07) is 27.1. The number of hydrogen-bond donors (Lipinski definition) is 1. The molecule has 0 radical (unpaired) electrons. The number of amides is 1. The second kappa shape index (κ2) is 10.7. The van der Waals surface area contributed by atoms with E-state index in [0.29, 0.717) is 34.0 Å². The minimum atomic E-state index is -1.24. The third-order valence-electron chi connectivity index (χ3n) is 7.71. The highest BCUT2D eigenvalue weighted by Gasteiger charge is 2.47. The summed E-state index contributed by atoms with van der Waals surface area (Å²) in [7, 11) is 0. The first kappa shape index (κ1) is 27.1. The van der Waals surface area contributed by atoms with E-state index in [4.69, 9.17) is 32.4 Å². The summed E-state index contributed by atoms with van der Waals surface area (Å²) in [4.78, 5) is 27.1. The van der Waals surface area contributed by atoms with E-state index in [1.165, 1.54) is 0 Å². The van der Waals surface area contributed by atoms with E-state index < -0.39 is 17.4 Å². The van der Waals surface area contributed by atoms with E-state index in [1.807, 2.05) is 85.8 Å². The quantitative estimate of drug-likeness (QED) is 0.204. The number of ether oxygens (including phenoxy) is 1. The van der Waals surface area contributed by atoms with E-state index in [-0.39, 0.29) is 12.4 Å². The molecule has 1 aliphatic carbocycles. The fraction of sp³-hybridized carbons (Fsp3) is 0.176. The van der Waals surface area contributed by atoms with Crippen molar-refractivity contribution in [3.05, 3.63) is 117 Å². The molecule has 0 saturated carbocycles. The van der Waals surface area contributed by atoms with Crippen LogP contribution in [-0.4, -0.2) is 24.0 Å². The third-order valence-corrected chi connectivity index (χ3v) is 8.21. The molecule has 1 aliphatic rings. The number of esters is 1. The molecule has 6 rings (SSSR count). The molecule has 41 heavy (non-hydrogen) atoms. The third kappa shape index (κ3) is 5.12. The minimum absolute atomic E-state index is 0.176. The first-order chi connectivity index (χ1) is 19.8. The van der Waals surface area contributed by atoms with Crippen molar-refractivity contribution in [3.8, 4) is 22.3 Å². The zero-order valence-electron chi connectivity index (χ0n) is 22.6. The second-order valence-electron chi connectivity index (χ2n) is 10.4. The van der Waals surface area contributed by atoms with Gasteiger partial charge in [-0.15, -0.1) is 0 Å². The Morgan fingerprint density at radius 2 is 1.37 bits per heavy atom. The average molecular weight is 584 g/mol. The molecule has 1 N–H and O–H groups in total. The summed E-state index contributed by atoms with van der Waals surface area (Å²) < 4.78 is 11.6. The van der Waals surface area contributed by atoms with Gasteiger partial charge in [-0.2, -0.15) is 0 Å². The molecule has 1 aromatic heterocycles. The zero-order valence-corrected chi connectivity index (χ0v) is 24.1. The number of fused-ring (bicyclic) bond motifs is 2. The van der Waals surface area contributed by atoms with Gasteiger partial charge in [0.1, 0.15) is 11.1 Å². The molecule has 206 valence electrons. The van der Waals surface area contributed by atoms with Crippen molar-refractivity contribution in [1.29, 1.82) is 0 Å². The van der Waals surface area contributed by atoms with Gasteiger partial charge in [-0.1, -0.05) is 77.8 Å². The van der Waals surface area contributed by atoms with Gasteiger partial charge in [-0.3, -0.25) is 4.79 Å². The monoisotopic (exact) mass is 583 g/mol. The van der Waals surface area contributed by atoms with Crippen LogP contribution in [-0.2, 0) is 22.4 Å². The van der Waals surface area contributed by atoms with Crippen LogP contribution in [0, 0.1) is 6.92 Å². The number of carbonyl (C=O) groups excluding carboxylic acids is 2. The molecular weight excluding hydrogens is 557 g/mol. The van der Waals surface area contributed by atoms with E-state index in [2.05, 4.69) is 11.4 Å². The van der Waals surface area contributed by atoms with Gasteiger partial charge in [0.25, 0.3) is 5.91 Å². The van der Waals surface area contributed by atoms with Crippen LogP contribution in [0.2, 0.25) is 10.0 Å². The number of benzene rings is 4. The molecule has 1 amide bonds. The summed E-state index contributed by atoms with van der Waals surface area (Å²) in [5, 5.41) is 5.18. The van der Waals surface area contributed by atoms with Crippen LogP contribution in [0.25, 0.3) is 33.2 Å². The zero-order chi connectivity index (χ0) is 28.7. The highest BCUT2D eigenvalue weighted by molar-refractivity contribution is 6.31. The smallest absolute Gasteiger partial charge is 0.332 e. The van der Waals surface area contributed by atoms with E-state index in [9.17, 15) is 9.59 Å². The number of aryl methyl sites for hydroxylation is 1. The Labute approximate surface area is 248 Å². The highest BCUT2D eigenvalue weighted by Crippen LogP contribution is 2.36. The van der Waals surface area contributed by atoms with Crippen molar-refractivity contribution in [2.75, 3.05) is 6.61 Å². The lowest BCUT2D eigenvalue weighted by Gasteiger charge is -2.27. The van der Waals surface area contributed by atoms with E-state index >= 15 is 0 Å². The molecule has 0 saturated heterocycles. The van der Waals surface area contributed by atoms with Crippen LogP contribution >= 0.6 is 23.2 Å². The van der Waals surface area contributed by atoms with Crippen LogP contribution in [0.3, 0.4) is 0 Å². The number of furan rings is 1. The van der Waals surface area contributed by atoms with E-state index in [1.54, 1.807) is 6.92 Å². The van der Waals surface area contributed by atoms with E-state index in [0.717, 1.165) is 38.8 Å². The Hall–Kier alpha value is -4.06. The number of carbonyl (C=O) groups is 2. The van der Waals surface area contributed by atoms with Crippen LogP contribution in [0.1, 0.15) is 34.2 Å². The predicted octanol–water partition coefficient (Wildman–Crippen LogP) is 8.21. The highest BCUT2D eigenvalue weighted by atomic mass is 35.5. The summed E-state index contributed by atoms with van der Waals surface area (Å²) in [6.07, 6.45) is 0.641. The van der Waals surface area contributed by atoms with Crippen molar-refractivity contribution in [1.82, 2.24) is 5.32 Å². The first-order valence-corrected chi connectivity index (χ1v) is 14.2. The Kier molecular flexibility index (Phi) is 7.10. The number of nitrogens with one attached hydrogen (secondary N) is 1. The van der Waals surface area contributed by atoms with Crippen molar-refractivity contribution in [3.63, 3.8) is 0 Å². The Bertz CT molecular complexity index is 1790. The fourth-order valence-electron chi connectivity index (χ4n) is 5.59. The maximum Gasteiger partial charge on any atom is 0.332 e. The van der Waals surface area contributed by atoms with Gasteiger partial charge in [0.15, 0.2) is 5.76 Å². The van der Waals surface area contributed by atoms with Crippen LogP contribution in [0.5, 0.6) is 0 Å². The topological polar surface area (TPSA) is 68.5 Å². The van der Waals surface area contributed by atoms with Gasteiger partial charge in [0, 0.05) is 33.8 Å². The molecule has 1 heterocycles. The summed E-state index contributed by atoms with van der Waals surface area (Å²) >= 11 is 12.1. The maximum absolute atomic E-state index is 13.7. The molecule has 1 unspecified atom stereocenters. The lowest BCUT2D eigenvalue weighted by Crippen LogP contribution is -2.56. The maximum atomic E-state index is 13.7. The van der Waals surface area contributed by atoms with Crippen LogP contribution < -0.4 is 5.32 Å². The predicted molar refractivity (Wildman–Crippen MR) is 163 cm³/mol. The SMILES string of the molecule is CCOC(=O)C1(NC(=O)c2oc3cc(-c4ccc(Cl)cc4)ccc3c2C)Cc2ccc(-c3ccc(Cl)cc3)cc2C1. The lowest BCUT2D eigenvalue weighted by molar-refractivity contribution is -0.150. The van der Waals surface area contributed by atoms with Gasteiger partial charge in [-0.05, 0) is 77.6 Å². The van der Waals surface area contributed by atoms with Gasteiger partial charge in [0.2, 0.25) is 0 Å². The van der Waals surface area contributed by atoms with Crippen LogP contribution in [0.4, 0.5) is 0 Å². The van der Waals surface area contributed by atoms with Gasteiger partial charge >= 0.3 is 5.97 Å². The molecule has 0 spiro atoms. The molecule has 0 aliphatic heterocycles. The summed E-state index contributed by atoms with van der Waals surface area (Å²) in [6.45, 7) is 3.82. The summed E-state index contributed by atoms with van der Waals surface area (Å²) in [5.74, 6) is -0.739. The molecule has 7 heteroatoms. The number of halogens is 2. The van der Waals surface area contributed by atoms with Crippen molar-refractivity contribution >= 4 is 46.0 Å². The van der Waals surface area contributed by atoms with Gasteiger partial charge < -0.3 is 14.5 Å². The molecule has 0 fully saturated rings. The van der Waals surface area contributed by atoms with Crippen LogP contribution in [0.15, 0.2) is 89.3 Å². The van der Waals surface area contributed by atoms with Crippen molar-refractivity contribution in [2.24, 2.45) is 0 Å². The second-order valence-corrected chi connectivity index (χ2v) is 11.2. The summed E-state index contributed by atoms with van der Waals surface area (Å²) in [5.41, 5.74) is 5.99. The minimum Gasteiger partial charge on any atom is -0.464 e. The average Bonchev–Trinajstić information content (AvgIpc) is 3.51. The number of hydrogen-bond acceptors (Lipinski definition) is 4. The normalized spacial score (nSPS) is 16.0. The molecule has 5 nitrogen and oxygen atoms in total. The van der Waals surface area contributed by atoms with Gasteiger partial charge in [0.05, 0.1) is 6.61 Å². The molecular formula is C34H27Cl2NO4. The Balaban J connectivity index is 1.31. The lowest BCUT2D eigenvalue weighted by atomic mass is 9.95. The fourth-order valence-corrected chi connectivity index (χ4v) is 5.84. The largest absolute Gasteiger partial charge is 0.464 e. The molecule has 4 aromatic carbocycles. The van der Waals surface area contributed by atoms with Crippen molar-refractivity contribution < 1.29 is 18.7 Å². The Morgan fingerprint density at radius 3 is 2.00 bits per heavy atom. The molecule has 1 atom stereocenters. The van der Waals surface area contributed by atoms with Crippen molar-refractivity contribution in [2.45, 2.75) is 32.2 Å². The van der Waals surface area contributed by atoms with Gasteiger partial charge in [-0.25, -0.2) is 4.79 Å². The standard InChI is InChI=1S/C34H27Cl2NO4/c1-3-40-33(39)34(18-25-5-4-23(16-26(25)19-34)21-6-11-27(35)12-7-21)37-32(38)31-20(2)29-15-10-24(17-30(29)41-31)22-8-13-28(36)14-9-22/h4-17H,3,18-19H2,1-2H3,(H,37,38).